The van der Waals surface area contributed by atoms with Crippen LogP contribution in [0.2, 0.25) is 0 Å². The Morgan fingerprint density at radius 3 is 2.70 bits per heavy atom. The minimum atomic E-state index is 0.822. The quantitative estimate of drug-likeness (QED) is 0.609. The van der Waals surface area contributed by atoms with Crippen LogP contribution in [0.4, 0.5) is 0 Å². The molecule has 1 saturated heterocycles. The van der Waals surface area contributed by atoms with Crippen LogP contribution in [-0.4, -0.2) is 12.1 Å². The van der Waals surface area contributed by atoms with Gasteiger partial charge in [0.2, 0.25) is 0 Å². The van der Waals surface area contributed by atoms with Gasteiger partial charge >= 0.3 is 0 Å². The van der Waals surface area contributed by atoms with Gasteiger partial charge in [0.25, 0.3) is 0 Å². The summed E-state index contributed by atoms with van der Waals surface area (Å²) in [6.07, 6.45) is 16.3. The summed E-state index contributed by atoms with van der Waals surface area (Å²) in [6, 6.07) is 1.65. The maximum absolute atomic E-state index is 3.93. The molecule has 2 aliphatic rings. The molecule has 4 atom stereocenters. The molecule has 1 nitrogen and oxygen atoms in total. The molecule has 0 spiro atoms. The second kappa shape index (κ2) is 8.22. The summed E-state index contributed by atoms with van der Waals surface area (Å²) in [4.78, 5) is 0. The van der Waals surface area contributed by atoms with Crippen LogP contribution in [0.1, 0.15) is 85.0 Å². The van der Waals surface area contributed by atoms with Gasteiger partial charge in [0.1, 0.15) is 0 Å². The fourth-order valence-electron chi connectivity index (χ4n) is 4.28. The molecule has 0 amide bonds. The molecule has 0 aromatic heterocycles. The summed E-state index contributed by atoms with van der Waals surface area (Å²) in [6.45, 7) is 6.99. The minimum Gasteiger partial charge on any atom is -0.311 e. The molecule has 20 heavy (non-hydrogen) atoms. The van der Waals surface area contributed by atoms with Crippen molar-refractivity contribution >= 4 is 0 Å². The highest BCUT2D eigenvalue weighted by Gasteiger charge is 2.37. The first kappa shape index (κ1) is 16.1. The lowest BCUT2D eigenvalue weighted by Crippen LogP contribution is -2.58. The average molecular weight is 277 g/mol. The van der Waals surface area contributed by atoms with Crippen LogP contribution in [0.15, 0.2) is 11.6 Å². The molecule has 3 unspecified atom stereocenters. The molecular formula is C19H35N. The zero-order valence-electron chi connectivity index (χ0n) is 14.0. The molecule has 0 radical (unpaired) electrons. The largest absolute Gasteiger partial charge is 0.311 e. The number of allylic oxidation sites excluding steroid dienone is 2. The fourth-order valence-corrected chi connectivity index (χ4v) is 4.28. The van der Waals surface area contributed by atoms with E-state index in [4.69, 9.17) is 0 Å². The predicted octanol–water partition coefficient (Wildman–Crippen LogP) is 5.46. The van der Waals surface area contributed by atoms with Crippen molar-refractivity contribution in [2.45, 2.75) is 97.1 Å². The molecule has 1 aliphatic carbocycles. The second-order valence-corrected chi connectivity index (χ2v) is 7.07. The van der Waals surface area contributed by atoms with E-state index >= 15 is 0 Å². The van der Waals surface area contributed by atoms with E-state index in [1.807, 2.05) is 0 Å². The van der Waals surface area contributed by atoms with E-state index < -0.39 is 0 Å². The normalized spacial score (nSPS) is 32.1. The highest BCUT2D eigenvalue weighted by atomic mass is 15.0. The van der Waals surface area contributed by atoms with Gasteiger partial charge in [-0.05, 0) is 56.8 Å². The van der Waals surface area contributed by atoms with Gasteiger partial charge in [-0.1, -0.05) is 51.7 Å². The number of rotatable bonds is 7. The van der Waals surface area contributed by atoms with Crippen molar-refractivity contribution in [2.24, 2.45) is 11.8 Å². The lowest BCUT2D eigenvalue weighted by Gasteiger charge is -2.45. The van der Waals surface area contributed by atoms with Crippen LogP contribution >= 0.6 is 0 Å². The van der Waals surface area contributed by atoms with Crippen LogP contribution in [-0.2, 0) is 0 Å². The standard InChI is InChI=1S/C19H35N/c1-4-8-15-10-7-11-17(13-12-15)19-14-18(20-19)16(6-3)9-5-2/h12,16-20H,4-11,13-14H2,1-3H3/t16-,17?,18?,19?/m0/s1. The smallest absolute Gasteiger partial charge is 0.0116 e. The van der Waals surface area contributed by atoms with Gasteiger partial charge in [-0.25, -0.2) is 0 Å². The highest BCUT2D eigenvalue weighted by Crippen LogP contribution is 2.35. The van der Waals surface area contributed by atoms with Crippen LogP contribution in [0.3, 0.4) is 0 Å². The van der Waals surface area contributed by atoms with Gasteiger partial charge in [0.15, 0.2) is 0 Å². The lowest BCUT2D eigenvalue weighted by molar-refractivity contribution is 0.128. The first-order valence-electron chi connectivity index (χ1n) is 9.22. The van der Waals surface area contributed by atoms with E-state index in [0.717, 1.165) is 23.9 Å². The Hall–Kier alpha value is -0.300. The average Bonchev–Trinajstić information content (AvgIpc) is 2.62. The SMILES string of the molecule is CCCC1=CCC(C2CC([C@@H](CC)CCC)N2)CCC1. The Balaban J connectivity index is 1.77. The summed E-state index contributed by atoms with van der Waals surface area (Å²) >= 11 is 0. The van der Waals surface area contributed by atoms with E-state index in [2.05, 4.69) is 32.2 Å². The second-order valence-electron chi connectivity index (χ2n) is 7.07. The summed E-state index contributed by atoms with van der Waals surface area (Å²) in [7, 11) is 0. The monoisotopic (exact) mass is 277 g/mol. The van der Waals surface area contributed by atoms with E-state index in [-0.39, 0.29) is 0 Å². The third kappa shape index (κ3) is 4.10. The minimum absolute atomic E-state index is 0.822. The van der Waals surface area contributed by atoms with Crippen LogP contribution in [0, 0.1) is 11.8 Å². The van der Waals surface area contributed by atoms with Gasteiger partial charge in [-0.15, -0.1) is 0 Å². The molecule has 2 rings (SSSR count). The maximum Gasteiger partial charge on any atom is 0.0116 e. The third-order valence-corrected chi connectivity index (χ3v) is 5.61. The van der Waals surface area contributed by atoms with Crippen molar-refractivity contribution in [2.75, 3.05) is 0 Å². The highest BCUT2D eigenvalue weighted by molar-refractivity contribution is 5.07. The van der Waals surface area contributed by atoms with Crippen molar-refractivity contribution in [1.82, 2.24) is 5.32 Å². The van der Waals surface area contributed by atoms with Crippen molar-refractivity contribution in [3.05, 3.63) is 11.6 Å². The zero-order chi connectivity index (χ0) is 14.4. The summed E-state index contributed by atoms with van der Waals surface area (Å²) < 4.78 is 0. The van der Waals surface area contributed by atoms with E-state index in [0.29, 0.717) is 0 Å². The molecule has 1 fully saturated rings. The van der Waals surface area contributed by atoms with Crippen LogP contribution in [0.5, 0.6) is 0 Å². The number of nitrogens with one attached hydrogen (secondary N) is 1. The topological polar surface area (TPSA) is 12.0 Å². The van der Waals surface area contributed by atoms with E-state index in [1.54, 1.807) is 5.57 Å². The summed E-state index contributed by atoms with van der Waals surface area (Å²) in [5, 5.41) is 3.93. The van der Waals surface area contributed by atoms with Gasteiger partial charge in [-0.3, -0.25) is 0 Å². The molecule has 1 N–H and O–H groups in total. The van der Waals surface area contributed by atoms with Gasteiger partial charge in [-0.2, -0.15) is 0 Å². The molecule has 0 aromatic carbocycles. The molecule has 0 aromatic rings. The van der Waals surface area contributed by atoms with Gasteiger partial charge in [0, 0.05) is 12.1 Å². The first-order chi connectivity index (χ1) is 9.78. The third-order valence-electron chi connectivity index (χ3n) is 5.61. The Kier molecular flexibility index (Phi) is 6.61. The fraction of sp³-hybridized carbons (Fsp3) is 0.895. The van der Waals surface area contributed by atoms with E-state index in [9.17, 15) is 0 Å². The van der Waals surface area contributed by atoms with Gasteiger partial charge < -0.3 is 5.32 Å². The number of hydrogen-bond donors (Lipinski definition) is 1. The van der Waals surface area contributed by atoms with Crippen molar-refractivity contribution < 1.29 is 0 Å². The Morgan fingerprint density at radius 2 is 2.05 bits per heavy atom. The molecular weight excluding hydrogens is 242 g/mol. The Bertz CT molecular complexity index is 301. The predicted molar refractivity (Wildman–Crippen MR) is 89.0 cm³/mol. The van der Waals surface area contributed by atoms with Gasteiger partial charge in [0.05, 0.1) is 0 Å². The molecule has 0 bridgehead atoms. The lowest BCUT2D eigenvalue weighted by atomic mass is 9.76. The maximum atomic E-state index is 3.93. The number of hydrogen-bond acceptors (Lipinski definition) is 1. The van der Waals surface area contributed by atoms with Crippen LogP contribution in [0.25, 0.3) is 0 Å². The Morgan fingerprint density at radius 1 is 1.25 bits per heavy atom. The molecule has 0 saturated carbocycles. The zero-order valence-corrected chi connectivity index (χ0v) is 14.0. The van der Waals surface area contributed by atoms with E-state index in [1.165, 1.54) is 64.2 Å². The summed E-state index contributed by atoms with van der Waals surface area (Å²) in [5.74, 6) is 1.84. The Labute approximate surface area is 126 Å². The molecule has 1 heteroatoms. The van der Waals surface area contributed by atoms with Crippen LogP contribution < -0.4 is 5.32 Å². The first-order valence-corrected chi connectivity index (χ1v) is 9.22. The molecule has 1 heterocycles. The summed E-state index contributed by atoms with van der Waals surface area (Å²) in [5.41, 5.74) is 1.74. The molecule has 116 valence electrons. The van der Waals surface area contributed by atoms with Crippen molar-refractivity contribution in [3.63, 3.8) is 0 Å². The molecule has 1 aliphatic heterocycles. The van der Waals surface area contributed by atoms with Crippen molar-refractivity contribution in [3.8, 4) is 0 Å². The van der Waals surface area contributed by atoms with Crippen molar-refractivity contribution in [1.29, 1.82) is 0 Å².